The molecule has 21 heavy (non-hydrogen) atoms. The molecule has 3 aromatic rings. The van der Waals surface area contributed by atoms with Crippen molar-refractivity contribution in [3.8, 4) is 0 Å². The predicted octanol–water partition coefficient (Wildman–Crippen LogP) is 3.68. The lowest BCUT2D eigenvalue weighted by molar-refractivity contribution is 0.114. The molecule has 1 atom stereocenters. The van der Waals surface area contributed by atoms with Crippen LogP contribution in [0.15, 0.2) is 60.8 Å². The molecule has 1 unspecified atom stereocenters. The van der Waals surface area contributed by atoms with E-state index in [2.05, 4.69) is 29.2 Å². The fourth-order valence-electron chi connectivity index (χ4n) is 3.44. The van der Waals surface area contributed by atoms with Crippen molar-refractivity contribution in [1.29, 1.82) is 0 Å². The zero-order valence-electron chi connectivity index (χ0n) is 11.7. The Hall–Kier alpha value is -2.19. The van der Waals surface area contributed by atoms with Crippen LogP contribution < -0.4 is 0 Å². The molecule has 1 aliphatic carbocycles. The average Bonchev–Trinajstić information content (AvgIpc) is 2.97. The maximum absolute atomic E-state index is 10.9. The highest BCUT2D eigenvalue weighted by atomic mass is 16.3. The first kappa shape index (κ1) is 12.5. The number of nitrogens with zero attached hydrogens (tertiary/aromatic N) is 1. The number of rotatable bonds is 2. The summed E-state index contributed by atoms with van der Waals surface area (Å²) in [6.45, 7) is 0. The third-order valence-electron chi connectivity index (χ3n) is 4.51. The Kier molecular flexibility index (Phi) is 2.97. The number of hydrogen-bond acceptors (Lipinski definition) is 2. The molecule has 0 radical (unpaired) electrons. The molecule has 104 valence electrons. The fourth-order valence-corrected chi connectivity index (χ4v) is 3.44. The molecule has 0 saturated heterocycles. The van der Waals surface area contributed by atoms with Crippen LogP contribution in [0.25, 0.3) is 10.9 Å². The number of aliphatic hydroxyl groups excluding tert-OH is 1. The normalized spacial score (nSPS) is 16.0. The van der Waals surface area contributed by atoms with Gasteiger partial charge in [-0.1, -0.05) is 48.5 Å². The smallest absolute Gasteiger partial charge is 0.0845 e. The quantitative estimate of drug-likeness (QED) is 0.774. The van der Waals surface area contributed by atoms with Gasteiger partial charge in [0.05, 0.1) is 11.6 Å². The second kappa shape index (κ2) is 4.97. The van der Waals surface area contributed by atoms with Crippen molar-refractivity contribution in [2.24, 2.45) is 5.92 Å². The van der Waals surface area contributed by atoms with E-state index in [-0.39, 0.29) is 5.92 Å². The molecular weight excluding hydrogens is 258 g/mol. The Morgan fingerprint density at radius 2 is 1.62 bits per heavy atom. The van der Waals surface area contributed by atoms with E-state index in [1.807, 2.05) is 30.3 Å². The van der Waals surface area contributed by atoms with Crippen molar-refractivity contribution in [1.82, 2.24) is 4.98 Å². The van der Waals surface area contributed by atoms with Crippen molar-refractivity contribution >= 4 is 10.9 Å². The third kappa shape index (κ3) is 2.12. The zero-order chi connectivity index (χ0) is 14.2. The predicted molar refractivity (Wildman–Crippen MR) is 84.0 cm³/mol. The van der Waals surface area contributed by atoms with E-state index >= 15 is 0 Å². The monoisotopic (exact) mass is 275 g/mol. The van der Waals surface area contributed by atoms with Crippen molar-refractivity contribution in [3.05, 3.63) is 77.5 Å². The first-order chi connectivity index (χ1) is 10.3. The van der Waals surface area contributed by atoms with Gasteiger partial charge in [0.15, 0.2) is 0 Å². The number of hydrogen-bond donors (Lipinski definition) is 1. The van der Waals surface area contributed by atoms with Crippen molar-refractivity contribution < 1.29 is 5.11 Å². The number of benzene rings is 2. The number of aromatic nitrogens is 1. The first-order valence-electron chi connectivity index (χ1n) is 7.41. The molecule has 2 heteroatoms. The highest BCUT2D eigenvalue weighted by Crippen LogP contribution is 2.36. The van der Waals surface area contributed by atoms with Gasteiger partial charge in [0.25, 0.3) is 0 Å². The summed E-state index contributed by atoms with van der Waals surface area (Å²) in [5.74, 6) is 0.245. The molecule has 1 N–H and O–H groups in total. The second-order valence-corrected chi connectivity index (χ2v) is 5.80. The summed E-state index contributed by atoms with van der Waals surface area (Å²) in [7, 11) is 0. The SMILES string of the molecule is OC(c1cccc2cccnc12)C1Cc2ccccc2C1. The molecule has 1 aromatic heterocycles. The van der Waals surface area contributed by atoms with Crippen LogP contribution in [-0.4, -0.2) is 10.1 Å². The Bertz CT molecular complexity index is 766. The maximum atomic E-state index is 10.9. The van der Waals surface area contributed by atoms with E-state index in [4.69, 9.17) is 0 Å². The van der Waals surface area contributed by atoms with Crippen LogP contribution in [-0.2, 0) is 12.8 Å². The van der Waals surface area contributed by atoms with Crippen molar-refractivity contribution in [3.63, 3.8) is 0 Å². The van der Waals surface area contributed by atoms with Gasteiger partial charge < -0.3 is 5.11 Å². The lowest BCUT2D eigenvalue weighted by Gasteiger charge is -2.19. The molecular formula is C19H17NO. The van der Waals surface area contributed by atoms with Crippen molar-refractivity contribution in [2.75, 3.05) is 0 Å². The van der Waals surface area contributed by atoms with Gasteiger partial charge in [-0.15, -0.1) is 0 Å². The Labute approximate surface area is 124 Å². The van der Waals surface area contributed by atoms with Gasteiger partial charge in [0.2, 0.25) is 0 Å². The van der Waals surface area contributed by atoms with E-state index < -0.39 is 6.10 Å². The summed E-state index contributed by atoms with van der Waals surface area (Å²) in [6, 6.07) is 18.5. The zero-order valence-corrected chi connectivity index (χ0v) is 11.7. The molecule has 0 fully saturated rings. The molecule has 0 bridgehead atoms. The molecule has 1 aliphatic rings. The number of fused-ring (bicyclic) bond motifs is 2. The molecule has 1 heterocycles. The Morgan fingerprint density at radius 3 is 2.38 bits per heavy atom. The molecule has 0 aliphatic heterocycles. The average molecular weight is 275 g/mol. The molecule has 4 rings (SSSR count). The van der Waals surface area contributed by atoms with Crippen LogP contribution in [0.4, 0.5) is 0 Å². The van der Waals surface area contributed by atoms with E-state index in [0.29, 0.717) is 0 Å². The summed E-state index contributed by atoms with van der Waals surface area (Å²) in [6.07, 6.45) is 3.22. The minimum Gasteiger partial charge on any atom is -0.388 e. The Morgan fingerprint density at radius 1 is 0.905 bits per heavy atom. The summed E-state index contributed by atoms with van der Waals surface area (Å²) in [4.78, 5) is 4.46. The molecule has 2 aromatic carbocycles. The van der Waals surface area contributed by atoms with Gasteiger partial charge in [0, 0.05) is 17.1 Å². The minimum absolute atomic E-state index is 0.245. The lowest BCUT2D eigenvalue weighted by atomic mass is 9.92. The van der Waals surface area contributed by atoms with Gasteiger partial charge >= 0.3 is 0 Å². The van der Waals surface area contributed by atoms with Crippen LogP contribution in [0.2, 0.25) is 0 Å². The van der Waals surface area contributed by atoms with Gasteiger partial charge in [-0.25, -0.2) is 0 Å². The summed E-state index contributed by atoms with van der Waals surface area (Å²) in [5, 5.41) is 11.9. The lowest BCUT2D eigenvalue weighted by Crippen LogP contribution is -2.13. The van der Waals surface area contributed by atoms with E-state index in [1.165, 1.54) is 11.1 Å². The number of aliphatic hydroxyl groups is 1. The number of para-hydroxylation sites is 1. The van der Waals surface area contributed by atoms with E-state index in [9.17, 15) is 5.11 Å². The molecule has 0 amide bonds. The third-order valence-corrected chi connectivity index (χ3v) is 4.51. The van der Waals surface area contributed by atoms with Crippen LogP contribution in [0, 0.1) is 5.92 Å². The molecule has 0 spiro atoms. The number of pyridine rings is 1. The van der Waals surface area contributed by atoms with Gasteiger partial charge in [-0.05, 0) is 36.0 Å². The fraction of sp³-hybridized carbons (Fsp3) is 0.211. The van der Waals surface area contributed by atoms with Gasteiger partial charge in [-0.2, -0.15) is 0 Å². The topological polar surface area (TPSA) is 33.1 Å². The summed E-state index contributed by atoms with van der Waals surface area (Å²) in [5.41, 5.74) is 4.61. The van der Waals surface area contributed by atoms with Gasteiger partial charge in [-0.3, -0.25) is 4.98 Å². The Balaban J connectivity index is 1.71. The largest absolute Gasteiger partial charge is 0.388 e. The molecule has 0 saturated carbocycles. The van der Waals surface area contributed by atoms with Gasteiger partial charge in [0.1, 0.15) is 0 Å². The van der Waals surface area contributed by atoms with Crippen molar-refractivity contribution in [2.45, 2.75) is 18.9 Å². The summed E-state index contributed by atoms with van der Waals surface area (Å²) < 4.78 is 0. The van der Waals surface area contributed by atoms with Crippen LogP contribution in [0.5, 0.6) is 0 Å². The second-order valence-electron chi connectivity index (χ2n) is 5.80. The highest BCUT2D eigenvalue weighted by molar-refractivity contribution is 5.81. The maximum Gasteiger partial charge on any atom is 0.0845 e. The van der Waals surface area contributed by atoms with Crippen LogP contribution >= 0.6 is 0 Å². The summed E-state index contributed by atoms with van der Waals surface area (Å²) >= 11 is 0. The standard InChI is InChI=1S/C19H17NO/c21-19(16-11-14-5-1-2-6-15(14)12-16)17-9-3-7-13-8-4-10-20-18(13)17/h1-10,16,19,21H,11-12H2. The minimum atomic E-state index is -0.462. The van der Waals surface area contributed by atoms with Crippen LogP contribution in [0.3, 0.4) is 0 Å². The molecule has 2 nitrogen and oxygen atoms in total. The van der Waals surface area contributed by atoms with E-state index in [1.54, 1.807) is 6.20 Å². The van der Waals surface area contributed by atoms with Crippen LogP contribution in [0.1, 0.15) is 22.8 Å². The van der Waals surface area contributed by atoms with E-state index in [0.717, 1.165) is 29.3 Å². The highest BCUT2D eigenvalue weighted by Gasteiger charge is 2.29. The first-order valence-corrected chi connectivity index (χ1v) is 7.41.